The molecule has 0 spiro atoms. The minimum atomic E-state index is -1.05. The van der Waals surface area contributed by atoms with Crippen molar-refractivity contribution in [2.24, 2.45) is 0 Å². The summed E-state index contributed by atoms with van der Waals surface area (Å²) in [6.07, 6.45) is 0. The maximum absolute atomic E-state index is 11.5. The monoisotopic (exact) mass is 327 g/mol. The molecule has 0 fully saturated rings. The van der Waals surface area contributed by atoms with Crippen LogP contribution < -0.4 is 0 Å². The Morgan fingerprint density at radius 2 is 1.30 bits per heavy atom. The van der Waals surface area contributed by atoms with Gasteiger partial charge in [-0.25, -0.2) is 0 Å². The molecular weight excluding hydrogens is 310 g/mol. The summed E-state index contributed by atoms with van der Waals surface area (Å²) in [6, 6.07) is 0. The molecule has 0 aliphatic rings. The van der Waals surface area contributed by atoms with Gasteiger partial charge in [0, 0.05) is 16.5 Å². The van der Waals surface area contributed by atoms with E-state index in [2.05, 4.69) is 4.84 Å². The van der Waals surface area contributed by atoms with Gasteiger partial charge >= 0.3 is 0 Å². The third-order valence-electron chi connectivity index (χ3n) is 3.52. The Balaban J connectivity index is 3.89. The SMILES string of the molecule is Cc1c(CO[N+](=O)[O-])c(C)c([N+](=O)[O-])c(C(C)(C)C)c1[N+](=O)[O-]. The van der Waals surface area contributed by atoms with Gasteiger partial charge in [-0.3, -0.25) is 20.2 Å². The van der Waals surface area contributed by atoms with Crippen molar-refractivity contribution < 1.29 is 19.8 Å². The first-order valence-electron chi connectivity index (χ1n) is 6.62. The number of rotatable bonds is 5. The maximum Gasteiger partial charge on any atom is 0.294 e. The molecule has 10 heteroatoms. The standard InChI is InChI=1S/C13H17N3O7/c1-7-9(6-23-16(21)22)8(2)12(15(19)20)10(13(3,4)5)11(7)14(17)18/h6H2,1-5H3. The normalized spacial score (nSPS) is 11.2. The molecule has 0 aromatic heterocycles. The highest BCUT2D eigenvalue weighted by atomic mass is 16.9. The zero-order valence-electron chi connectivity index (χ0n) is 13.4. The molecule has 0 unspecified atom stereocenters. The van der Waals surface area contributed by atoms with Crippen LogP contribution in [-0.4, -0.2) is 14.9 Å². The molecule has 0 N–H and O–H groups in total. The lowest BCUT2D eigenvalue weighted by Crippen LogP contribution is -2.20. The van der Waals surface area contributed by atoms with Crippen LogP contribution in [0.5, 0.6) is 0 Å². The highest BCUT2D eigenvalue weighted by Crippen LogP contribution is 2.44. The second kappa shape index (κ2) is 6.15. The summed E-state index contributed by atoms with van der Waals surface area (Å²) in [5.74, 6) is 0. The van der Waals surface area contributed by atoms with E-state index >= 15 is 0 Å². The van der Waals surface area contributed by atoms with Crippen LogP contribution in [0.25, 0.3) is 0 Å². The number of hydrogen-bond acceptors (Lipinski definition) is 7. The highest BCUT2D eigenvalue weighted by Gasteiger charge is 2.39. The minimum absolute atomic E-state index is 0.00708. The van der Waals surface area contributed by atoms with Crippen molar-refractivity contribution in [3.8, 4) is 0 Å². The molecule has 0 aliphatic carbocycles. The van der Waals surface area contributed by atoms with Gasteiger partial charge in [0.2, 0.25) is 0 Å². The Hall–Kier alpha value is -2.78. The zero-order valence-corrected chi connectivity index (χ0v) is 13.4. The summed E-state index contributed by atoms with van der Waals surface area (Å²) in [5.41, 5.74) is -1.34. The van der Waals surface area contributed by atoms with E-state index in [0.29, 0.717) is 0 Å². The largest absolute Gasteiger partial charge is 0.309 e. The second-order valence-electron chi connectivity index (χ2n) is 6.06. The van der Waals surface area contributed by atoms with Gasteiger partial charge in [-0.05, 0) is 19.4 Å². The van der Waals surface area contributed by atoms with Gasteiger partial charge in [-0.2, -0.15) is 0 Å². The molecule has 10 nitrogen and oxygen atoms in total. The van der Waals surface area contributed by atoms with Gasteiger partial charge in [-0.15, -0.1) is 10.1 Å². The molecule has 0 atom stereocenters. The smallest absolute Gasteiger partial charge is 0.294 e. The highest BCUT2D eigenvalue weighted by molar-refractivity contribution is 5.67. The molecule has 0 saturated heterocycles. The maximum atomic E-state index is 11.5. The second-order valence-corrected chi connectivity index (χ2v) is 6.06. The third kappa shape index (κ3) is 3.52. The number of nitro benzene ring substituents is 2. The predicted octanol–water partition coefficient (Wildman–Crippen LogP) is 3.13. The molecule has 0 radical (unpaired) electrons. The average molecular weight is 327 g/mol. The molecule has 1 rings (SSSR count). The Morgan fingerprint density at radius 1 is 0.913 bits per heavy atom. The van der Waals surface area contributed by atoms with Crippen LogP contribution in [0.2, 0.25) is 0 Å². The van der Waals surface area contributed by atoms with E-state index in [1.54, 1.807) is 20.8 Å². The van der Waals surface area contributed by atoms with Gasteiger partial charge in [0.1, 0.15) is 12.2 Å². The van der Waals surface area contributed by atoms with Gasteiger partial charge in [-0.1, -0.05) is 20.8 Å². The van der Waals surface area contributed by atoms with Crippen molar-refractivity contribution in [3.05, 3.63) is 52.6 Å². The van der Waals surface area contributed by atoms with Gasteiger partial charge in [0.15, 0.2) is 0 Å². The molecular formula is C13H17N3O7. The lowest BCUT2D eigenvalue weighted by atomic mass is 9.80. The number of benzene rings is 1. The number of nitro groups is 2. The lowest BCUT2D eigenvalue weighted by Gasteiger charge is -2.22. The van der Waals surface area contributed by atoms with Crippen molar-refractivity contribution >= 4 is 11.4 Å². The van der Waals surface area contributed by atoms with Gasteiger partial charge < -0.3 is 4.84 Å². The van der Waals surface area contributed by atoms with Crippen molar-refractivity contribution in [1.82, 2.24) is 0 Å². The molecule has 0 heterocycles. The summed E-state index contributed by atoms with van der Waals surface area (Å²) in [5, 5.41) is 32.3. The summed E-state index contributed by atoms with van der Waals surface area (Å²) in [7, 11) is 0. The molecule has 0 bridgehead atoms. The summed E-state index contributed by atoms with van der Waals surface area (Å²) < 4.78 is 0. The van der Waals surface area contributed by atoms with Crippen molar-refractivity contribution in [2.45, 2.75) is 46.6 Å². The van der Waals surface area contributed by atoms with Gasteiger partial charge in [0.25, 0.3) is 16.5 Å². The Kier molecular flexibility index (Phi) is 4.88. The Labute approximate surface area is 131 Å². The number of hydrogen-bond donors (Lipinski definition) is 0. The van der Waals surface area contributed by atoms with Crippen LogP contribution >= 0.6 is 0 Å². The minimum Gasteiger partial charge on any atom is -0.309 e. The first kappa shape index (κ1) is 18.3. The quantitative estimate of drug-likeness (QED) is 0.597. The zero-order chi connectivity index (χ0) is 18.1. The van der Waals surface area contributed by atoms with Crippen molar-refractivity contribution in [2.75, 3.05) is 0 Å². The van der Waals surface area contributed by atoms with Crippen LogP contribution in [0.3, 0.4) is 0 Å². The topological polar surface area (TPSA) is 139 Å². The first-order chi connectivity index (χ1) is 10.4. The first-order valence-corrected chi connectivity index (χ1v) is 6.62. The van der Waals surface area contributed by atoms with E-state index in [0.717, 1.165) is 0 Å². The van der Waals surface area contributed by atoms with E-state index in [-0.39, 0.29) is 22.3 Å². The van der Waals surface area contributed by atoms with Crippen molar-refractivity contribution in [1.29, 1.82) is 0 Å². The molecule has 1 aromatic carbocycles. The lowest BCUT2D eigenvalue weighted by molar-refractivity contribution is -0.763. The van der Waals surface area contributed by atoms with Crippen LogP contribution in [0.1, 0.15) is 43.0 Å². The van der Waals surface area contributed by atoms with Crippen LogP contribution in [-0.2, 0) is 16.9 Å². The average Bonchev–Trinajstić information content (AvgIpc) is 2.34. The molecule has 0 aliphatic heterocycles. The van der Waals surface area contributed by atoms with E-state index in [9.17, 15) is 30.3 Å². The van der Waals surface area contributed by atoms with Crippen LogP contribution in [0.15, 0.2) is 0 Å². The van der Waals surface area contributed by atoms with Crippen LogP contribution in [0, 0.1) is 44.2 Å². The van der Waals surface area contributed by atoms with Crippen LogP contribution in [0.4, 0.5) is 11.4 Å². The molecule has 23 heavy (non-hydrogen) atoms. The van der Waals surface area contributed by atoms with E-state index in [1.807, 2.05) is 0 Å². The molecule has 126 valence electrons. The third-order valence-corrected chi connectivity index (χ3v) is 3.52. The van der Waals surface area contributed by atoms with E-state index in [1.165, 1.54) is 13.8 Å². The molecule has 0 saturated carbocycles. The Morgan fingerprint density at radius 3 is 1.57 bits per heavy atom. The fourth-order valence-corrected chi connectivity index (χ4v) is 2.55. The summed E-state index contributed by atoms with van der Waals surface area (Å²) in [4.78, 5) is 36.2. The van der Waals surface area contributed by atoms with Crippen molar-refractivity contribution in [3.63, 3.8) is 0 Å². The van der Waals surface area contributed by atoms with E-state index in [4.69, 9.17) is 0 Å². The molecule has 1 aromatic rings. The number of nitrogens with zero attached hydrogens (tertiary/aromatic N) is 3. The fraction of sp³-hybridized carbons (Fsp3) is 0.538. The fourth-order valence-electron chi connectivity index (χ4n) is 2.55. The summed E-state index contributed by atoms with van der Waals surface area (Å²) >= 11 is 0. The Bertz CT molecular complexity index is 651. The predicted molar refractivity (Wildman–Crippen MR) is 79.7 cm³/mol. The van der Waals surface area contributed by atoms with Gasteiger partial charge in [0.05, 0.1) is 9.85 Å². The van der Waals surface area contributed by atoms with E-state index < -0.39 is 38.3 Å². The molecule has 0 amide bonds. The summed E-state index contributed by atoms with van der Waals surface area (Å²) in [6.45, 7) is 7.12.